The molecule has 1 N–H and O–H groups in total. The first-order chi connectivity index (χ1) is 14.1. The summed E-state index contributed by atoms with van der Waals surface area (Å²) in [6.07, 6.45) is 2.88. The fraction of sp³-hybridized carbons (Fsp3) is 0.500. The summed E-state index contributed by atoms with van der Waals surface area (Å²) < 4.78 is 0. The molecule has 30 heavy (non-hydrogen) atoms. The van der Waals surface area contributed by atoms with Crippen molar-refractivity contribution < 1.29 is 14.7 Å². The van der Waals surface area contributed by atoms with Crippen molar-refractivity contribution in [1.82, 2.24) is 4.90 Å². The number of aliphatic carboxylic acids is 1. The number of hydrogen-bond acceptors (Lipinski definition) is 3. The van der Waals surface area contributed by atoms with Crippen LogP contribution < -0.4 is 0 Å². The zero-order chi connectivity index (χ0) is 22.5. The summed E-state index contributed by atoms with van der Waals surface area (Å²) >= 11 is 7.24. The van der Waals surface area contributed by atoms with Gasteiger partial charge in [0.15, 0.2) is 0 Å². The van der Waals surface area contributed by atoms with E-state index in [1.165, 1.54) is 11.8 Å². The number of carboxylic acids is 1. The van der Waals surface area contributed by atoms with E-state index in [4.69, 9.17) is 11.6 Å². The van der Waals surface area contributed by atoms with E-state index in [2.05, 4.69) is 18.8 Å². The lowest BCUT2D eigenvalue weighted by Gasteiger charge is -2.33. The lowest BCUT2D eigenvalue weighted by Crippen LogP contribution is -2.40. The summed E-state index contributed by atoms with van der Waals surface area (Å²) in [6.45, 7) is 10.2. The molecule has 2 rings (SSSR count). The van der Waals surface area contributed by atoms with Crippen LogP contribution in [0.25, 0.3) is 0 Å². The lowest BCUT2D eigenvalue weighted by molar-refractivity contribution is -0.131. The van der Waals surface area contributed by atoms with Gasteiger partial charge in [-0.05, 0) is 57.9 Å². The Morgan fingerprint density at radius 1 is 1.27 bits per heavy atom. The van der Waals surface area contributed by atoms with Gasteiger partial charge in [0.25, 0.3) is 5.91 Å². The Hall–Kier alpha value is -1.90. The van der Waals surface area contributed by atoms with E-state index >= 15 is 0 Å². The maximum atomic E-state index is 13.5. The summed E-state index contributed by atoms with van der Waals surface area (Å²) in [5, 5.41) is 10.2. The number of allylic oxidation sites excluding steroid dienone is 1. The first kappa shape index (κ1) is 24.4. The van der Waals surface area contributed by atoms with Crippen LogP contribution in [0, 0.1) is 17.3 Å². The zero-order valence-corrected chi connectivity index (χ0v) is 19.9. The Morgan fingerprint density at radius 3 is 2.40 bits per heavy atom. The van der Waals surface area contributed by atoms with Gasteiger partial charge in [0.1, 0.15) is 4.91 Å². The molecule has 0 aromatic heterocycles. The van der Waals surface area contributed by atoms with Gasteiger partial charge in [-0.3, -0.25) is 4.79 Å². The van der Waals surface area contributed by atoms with Crippen molar-refractivity contribution in [3.05, 3.63) is 45.5 Å². The monoisotopic (exact) mass is 447 g/mol. The van der Waals surface area contributed by atoms with E-state index in [-0.39, 0.29) is 27.5 Å². The Balaban J connectivity index is 2.49. The van der Waals surface area contributed by atoms with Gasteiger partial charge < -0.3 is 10.0 Å². The third-order valence-corrected chi connectivity index (χ3v) is 6.23. The largest absolute Gasteiger partial charge is 0.477 e. The maximum absolute atomic E-state index is 13.5. The molecular weight excluding hydrogens is 418 g/mol. The molecule has 1 heterocycles. The average molecular weight is 448 g/mol. The summed E-state index contributed by atoms with van der Waals surface area (Å²) in [5.41, 5.74) is 0.904. The van der Waals surface area contributed by atoms with E-state index < -0.39 is 5.97 Å². The van der Waals surface area contributed by atoms with Crippen molar-refractivity contribution in [3.63, 3.8) is 0 Å². The molecule has 1 aromatic rings. The predicted octanol–water partition coefficient (Wildman–Crippen LogP) is 6.21. The minimum Gasteiger partial charge on any atom is -0.477 e. The molecule has 1 aromatic carbocycles. The third-order valence-electron chi connectivity index (χ3n) is 4.76. The second-order valence-electron chi connectivity index (χ2n) is 8.44. The molecule has 0 saturated heterocycles. The number of benzene rings is 1. The van der Waals surface area contributed by atoms with Gasteiger partial charge in [-0.15, -0.1) is 0 Å². The quantitative estimate of drug-likeness (QED) is 0.504. The molecule has 2 atom stereocenters. The number of carbonyl (C=O) groups is 2. The number of halogens is 1. The summed E-state index contributed by atoms with van der Waals surface area (Å²) in [5.74, 6) is 5.24. The molecule has 0 aliphatic carbocycles. The van der Waals surface area contributed by atoms with E-state index in [9.17, 15) is 14.7 Å². The van der Waals surface area contributed by atoms with Crippen LogP contribution in [0.15, 0.2) is 34.9 Å². The average Bonchev–Trinajstić information content (AvgIpc) is 3.10. The topological polar surface area (TPSA) is 57.6 Å². The molecule has 0 fully saturated rings. The number of carboxylic acid groups (broad SMARTS) is 1. The molecule has 4 nitrogen and oxygen atoms in total. The highest BCUT2D eigenvalue weighted by Gasteiger charge is 2.37. The minimum absolute atomic E-state index is 0.0718. The van der Waals surface area contributed by atoms with E-state index in [1.54, 1.807) is 29.2 Å². The van der Waals surface area contributed by atoms with Crippen LogP contribution in [0.5, 0.6) is 0 Å². The van der Waals surface area contributed by atoms with Crippen molar-refractivity contribution in [2.45, 2.75) is 71.6 Å². The Bertz CT molecular complexity index is 874. The van der Waals surface area contributed by atoms with Crippen LogP contribution in [0.4, 0.5) is 0 Å². The van der Waals surface area contributed by atoms with Gasteiger partial charge in [0.2, 0.25) is 0 Å². The number of carbonyl (C=O) groups excluding carboxylic acids is 1. The zero-order valence-electron chi connectivity index (χ0n) is 18.3. The third kappa shape index (κ3) is 6.30. The van der Waals surface area contributed by atoms with Gasteiger partial charge >= 0.3 is 5.97 Å². The van der Waals surface area contributed by atoms with Crippen molar-refractivity contribution in [2.24, 2.45) is 5.41 Å². The number of nitrogens with zero attached hydrogens (tertiary/aromatic N) is 1. The highest BCUT2D eigenvalue weighted by Crippen LogP contribution is 2.41. The molecule has 6 heteroatoms. The van der Waals surface area contributed by atoms with Gasteiger partial charge in [-0.2, -0.15) is 0 Å². The second kappa shape index (κ2) is 10.4. The normalized spacial score (nSPS) is 17.3. The number of amides is 1. The predicted molar refractivity (Wildman–Crippen MR) is 124 cm³/mol. The summed E-state index contributed by atoms with van der Waals surface area (Å²) in [4.78, 5) is 27.5. The Labute approximate surface area is 189 Å². The van der Waals surface area contributed by atoms with E-state index in [1.807, 2.05) is 27.7 Å². The molecule has 0 radical (unpaired) electrons. The van der Waals surface area contributed by atoms with E-state index in [0.717, 1.165) is 19.3 Å². The molecule has 2 unspecified atom stereocenters. The lowest BCUT2D eigenvalue weighted by atomic mass is 9.97. The van der Waals surface area contributed by atoms with Gasteiger partial charge in [-0.25, -0.2) is 4.79 Å². The smallest absolute Gasteiger partial charge is 0.344 e. The number of rotatable bonds is 7. The first-order valence-corrected chi connectivity index (χ1v) is 11.6. The molecule has 1 aliphatic rings. The molecule has 1 amide bonds. The van der Waals surface area contributed by atoms with Crippen LogP contribution in [0.2, 0.25) is 5.02 Å². The first-order valence-electron chi connectivity index (χ1n) is 10.3. The Morgan fingerprint density at radius 2 is 1.90 bits per heavy atom. The van der Waals surface area contributed by atoms with Crippen molar-refractivity contribution in [2.75, 3.05) is 0 Å². The number of hydrogen-bond donors (Lipinski definition) is 1. The minimum atomic E-state index is -1.00. The molecule has 1 aliphatic heterocycles. The van der Waals surface area contributed by atoms with E-state index in [0.29, 0.717) is 22.7 Å². The van der Waals surface area contributed by atoms with Crippen molar-refractivity contribution in [3.8, 4) is 11.8 Å². The summed E-state index contributed by atoms with van der Waals surface area (Å²) in [6, 6.07) is 6.67. The number of thioether (sulfide) groups is 1. The molecule has 162 valence electrons. The van der Waals surface area contributed by atoms with Gasteiger partial charge in [-0.1, -0.05) is 55.5 Å². The molecule has 0 spiro atoms. The van der Waals surface area contributed by atoms with Crippen molar-refractivity contribution >= 4 is 35.2 Å². The fourth-order valence-corrected chi connectivity index (χ4v) is 4.56. The highest BCUT2D eigenvalue weighted by molar-refractivity contribution is 8.05. The molecule has 0 saturated carbocycles. The maximum Gasteiger partial charge on any atom is 0.344 e. The van der Waals surface area contributed by atoms with Crippen LogP contribution in [-0.4, -0.2) is 33.2 Å². The summed E-state index contributed by atoms with van der Waals surface area (Å²) in [7, 11) is 0. The van der Waals surface area contributed by atoms with Crippen LogP contribution >= 0.6 is 23.4 Å². The molecule has 0 bridgehead atoms. The highest BCUT2D eigenvalue weighted by atomic mass is 35.5. The fourth-order valence-electron chi connectivity index (χ4n) is 3.37. The van der Waals surface area contributed by atoms with Crippen molar-refractivity contribution in [1.29, 1.82) is 0 Å². The van der Waals surface area contributed by atoms with Crippen LogP contribution in [-0.2, 0) is 4.79 Å². The Kier molecular flexibility index (Phi) is 8.46. The van der Waals surface area contributed by atoms with Gasteiger partial charge in [0.05, 0.1) is 5.25 Å². The molecular formula is C24H30ClNO3S. The van der Waals surface area contributed by atoms with Crippen LogP contribution in [0.3, 0.4) is 0 Å². The van der Waals surface area contributed by atoms with Gasteiger partial charge in [0, 0.05) is 34.2 Å². The van der Waals surface area contributed by atoms with Crippen LogP contribution in [0.1, 0.15) is 70.7 Å². The SMILES string of the molecule is CCCC(CC)N(C(=O)c1ccc(Cl)cc1)C1=C(C(=O)O)SC(C#CC(C)(C)C)C1. The second-order valence-corrected chi connectivity index (χ2v) is 10.1. The standard InChI is InChI=1S/C24H30ClNO3S/c1-6-8-18(7-2)26(22(27)16-9-11-17(25)12-10-16)20-15-19(13-14-24(3,4)5)30-21(20)23(28)29/h9-12,18-19H,6-8,15H2,1-5H3,(H,28,29).